The standard InChI is InChI=1S/C14H27N3O2/c15-12-14(4-10-19-11-5-14)13(18)16-6-9-17-7-2-1-3-8-17/h1-12,15H2,(H,16,18). The summed E-state index contributed by atoms with van der Waals surface area (Å²) in [4.78, 5) is 14.8. The van der Waals surface area contributed by atoms with Crippen molar-refractivity contribution in [3.05, 3.63) is 0 Å². The summed E-state index contributed by atoms with van der Waals surface area (Å²) in [5.41, 5.74) is 5.44. The van der Waals surface area contributed by atoms with Crippen LogP contribution in [0.5, 0.6) is 0 Å². The molecule has 0 bridgehead atoms. The Kier molecular flexibility index (Phi) is 5.60. The first kappa shape index (κ1) is 14.8. The Morgan fingerprint density at radius 3 is 2.53 bits per heavy atom. The van der Waals surface area contributed by atoms with E-state index in [1.165, 1.54) is 32.4 Å². The Labute approximate surface area is 115 Å². The van der Waals surface area contributed by atoms with Crippen molar-refractivity contribution in [2.45, 2.75) is 32.1 Å². The van der Waals surface area contributed by atoms with Crippen molar-refractivity contribution in [1.29, 1.82) is 0 Å². The van der Waals surface area contributed by atoms with Crippen LogP contribution in [-0.4, -0.2) is 56.7 Å². The van der Waals surface area contributed by atoms with Gasteiger partial charge in [-0.25, -0.2) is 0 Å². The SMILES string of the molecule is NCC1(C(=O)NCCN2CCCCC2)CCOCC1. The fourth-order valence-electron chi connectivity index (χ4n) is 2.98. The van der Waals surface area contributed by atoms with Crippen molar-refractivity contribution in [3.8, 4) is 0 Å². The number of carbonyl (C=O) groups excluding carboxylic acids is 1. The Balaban J connectivity index is 1.73. The topological polar surface area (TPSA) is 67.6 Å². The van der Waals surface area contributed by atoms with E-state index in [4.69, 9.17) is 10.5 Å². The zero-order chi connectivity index (χ0) is 13.6. The lowest BCUT2D eigenvalue weighted by atomic mass is 9.79. The highest BCUT2D eigenvalue weighted by Gasteiger charge is 2.38. The van der Waals surface area contributed by atoms with Gasteiger partial charge in [0.25, 0.3) is 0 Å². The molecule has 2 heterocycles. The third-order valence-electron chi connectivity index (χ3n) is 4.48. The number of piperidine rings is 1. The molecule has 0 spiro atoms. The number of carbonyl (C=O) groups is 1. The fourth-order valence-corrected chi connectivity index (χ4v) is 2.98. The molecule has 0 radical (unpaired) electrons. The molecule has 2 saturated heterocycles. The Hall–Kier alpha value is -0.650. The first-order chi connectivity index (χ1) is 9.27. The highest BCUT2D eigenvalue weighted by molar-refractivity contribution is 5.83. The highest BCUT2D eigenvalue weighted by atomic mass is 16.5. The molecule has 0 atom stereocenters. The summed E-state index contributed by atoms with van der Waals surface area (Å²) in [5, 5.41) is 3.08. The lowest BCUT2D eigenvalue weighted by Gasteiger charge is -2.35. The maximum absolute atomic E-state index is 12.3. The van der Waals surface area contributed by atoms with Crippen LogP contribution in [0.1, 0.15) is 32.1 Å². The molecule has 0 aromatic carbocycles. The zero-order valence-electron chi connectivity index (χ0n) is 11.8. The third-order valence-corrected chi connectivity index (χ3v) is 4.48. The number of likely N-dealkylation sites (tertiary alicyclic amines) is 1. The second kappa shape index (κ2) is 7.22. The van der Waals surface area contributed by atoms with Crippen molar-refractivity contribution in [1.82, 2.24) is 10.2 Å². The molecule has 2 rings (SSSR count). The minimum Gasteiger partial charge on any atom is -0.381 e. The van der Waals surface area contributed by atoms with E-state index < -0.39 is 0 Å². The molecule has 0 aliphatic carbocycles. The van der Waals surface area contributed by atoms with Crippen LogP contribution in [0, 0.1) is 5.41 Å². The van der Waals surface area contributed by atoms with Gasteiger partial charge in [-0.2, -0.15) is 0 Å². The quantitative estimate of drug-likeness (QED) is 0.755. The third kappa shape index (κ3) is 3.91. The second-order valence-electron chi connectivity index (χ2n) is 5.76. The number of rotatable bonds is 5. The van der Waals surface area contributed by atoms with Crippen LogP contribution in [0.2, 0.25) is 0 Å². The van der Waals surface area contributed by atoms with Gasteiger partial charge in [-0.3, -0.25) is 4.79 Å². The van der Waals surface area contributed by atoms with E-state index in [0.717, 1.165) is 25.9 Å². The summed E-state index contributed by atoms with van der Waals surface area (Å²) in [6.45, 7) is 5.77. The summed E-state index contributed by atoms with van der Waals surface area (Å²) in [7, 11) is 0. The van der Waals surface area contributed by atoms with Gasteiger partial charge >= 0.3 is 0 Å². The number of nitrogens with two attached hydrogens (primary N) is 1. The van der Waals surface area contributed by atoms with Gasteiger partial charge in [0, 0.05) is 32.8 Å². The van der Waals surface area contributed by atoms with E-state index in [9.17, 15) is 4.79 Å². The van der Waals surface area contributed by atoms with Crippen LogP contribution >= 0.6 is 0 Å². The highest BCUT2D eigenvalue weighted by Crippen LogP contribution is 2.29. The summed E-state index contributed by atoms with van der Waals surface area (Å²) in [6.07, 6.45) is 5.42. The van der Waals surface area contributed by atoms with E-state index in [-0.39, 0.29) is 11.3 Å². The Bertz CT molecular complexity index is 284. The zero-order valence-corrected chi connectivity index (χ0v) is 11.8. The molecular weight excluding hydrogens is 242 g/mol. The average Bonchev–Trinajstić information content (AvgIpc) is 2.49. The van der Waals surface area contributed by atoms with Crippen LogP contribution < -0.4 is 11.1 Å². The maximum Gasteiger partial charge on any atom is 0.227 e. The molecular formula is C14H27N3O2. The minimum absolute atomic E-state index is 0.121. The molecule has 5 heteroatoms. The van der Waals surface area contributed by atoms with Gasteiger partial charge < -0.3 is 20.7 Å². The minimum atomic E-state index is -0.389. The van der Waals surface area contributed by atoms with Crippen molar-refractivity contribution in [3.63, 3.8) is 0 Å². The van der Waals surface area contributed by atoms with Crippen LogP contribution in [0.4, 0.5) is 0 Å². The van der Waals surface area contributed by atoms with E-state index in [2.05, 4.69) is 10.2 Å². The summed E-state index contributed by atoms with van der Waals surface area (Å²) < 4.78 is 5.33. The fraction of sp³-hybridized carbons (Fsp3) is 0.929. The molecule has 2 aliphatic heterocycles. The predicted molar refractivity (Wildman–Crippen MR) is 74.8 cm³/mol. The Morgan fingerprint density at radius 2 is 1.89 bits per heavy atom. The number of hydrogen-bond acceptors (Lipinski definition) is 4. The van der Waals surface area contributed by atoms with Crippen molar-refractivity contribution in [2.24, 2.45) is 11.1 Å². The van der Waals surface area contributed by atoms with Gasteiger partial charge in [-0.05, 0) is 38.8 Å². The van der Waals surface area contributed by atoms with Crippen molar-refractivity contribution >= 4 is 5.91 Å². The molecule has 3 N–H and O–H groups in total. The van der Waals surface area contributed by atoms with E-state index in [1.54, 1.807) is 0 Å². The van der Waals surface area contributed by atoms with Crippen LogP contribution in [0.15, 0.2) is 0 Å². The molecule has 2 aliphatic rings. The summed E-state index contributed by atoms with van der Waals surface area (Å²) in [6, 6.07) is 0. The maximum atomic E-state index is 12.3. The lowest BCUT2D eigenvalue weighted by Crippen LogP contribution is -2.50. The van der Waals surface area contributed by atoms with E-state index >= 15 is 0 Å². The number of nitrogens with one attached hydrogen (secondary N) is 1. The predicted octanol–water partition coefficient (Wildman–Crippen LogP) is 0.344. The van der Waals surface area contributed by atoms with Gasteiger partial charge in [0.15, 0.2) is 0 Å². The smallest absolute Gasteiger partial charge is 0.227 e. The summed E-state index contributed by atoms with van der Waals surface area (Å²) in [5.74, 6) is 0.121. The lowest BCUT2D eigenvalue weighted by molar-refractivity contribution is -0.135. The number of hydrogen-bond donors (Lipinski definition) is 2. The first-order valence-corrected chi connectivity index (χ1v) is 7.55. The van der Waals surface area contributed by atoms with Gasteiger partial charge in [0.2, 0.25) is 5.91 Å². The summed E-state index contributed by atoms with van der Waals surface area (Å²) >= 11 is 0. The molecule has 0 saturated carbocycles. The monoisotopic (exact) mass is 269 g/mol. The largest absolute Gasteiger partial charge is 0.381 e. The first-order valence-electron chi connectivity index (χ1n) is 7.55. The van der Waals surface area contributed by atoms with E-state index in [1.807, 2.05) is 0 Å². The van der Waals surface area contributed by atoms with Crippen molar-refractivity contribution in [2.75, 3.05) is 45.9 Å². The van der Waals surface area contributed by atoms with Gasteiger partial charge in [-0.15, -0.1) is 0 Å². The van der Waals surface area contributed by atoms with Crippen molar-refractivity contribution < 1.29 is 9.53 Å². The Morgan fingerprint density at radius 1 is 1.21 bits per heavy atom. The van der Waals surface area contributed by atoms with Gasteiger partial charge in [0.05, 0.1) is 5.41 Å². The van der Waals surface area contributed by atoms with Gasteiger partial charge in [0.1, 0.15) is 0 Å². The van der Waals surface area contributed by atoms with Gasteiger partial charge in [-0.1, -0.05) is 6.42 Å². The average molecular weight is 269 g/mol. The number of nitrogens with zero attached hydrogens (tertiary/aromatic N) is 1. The molecule has 0 aromatic heterocycles. The van der Waals surface area contributed by atoms with Crippen LogP contribution in [0.3, 0.4) is 0 Å². The molecule has 5 nitrogen and oxygen atoms in total. The molecule has 0 aromatic rings. The number of amides is 1. The molecule has 1 amide bonds. The number of ether oxygens (including phenoxy) is 1. The molecule has 2 fully saturated rings. The van der Waals surface area contributed by atoms with Crippen LogP contribution in [-0.2, 0) is 9.53 Å². The normalized spacial score (nSPS) is 24.1. The second-order valence-corrected chi connectivity index (χ2v) is 5.76. The van der Waals surface area contributed by atoms with Crippen LogP contribution in [0.25, 0.3) is 0 Å². The molecule has 19 heavy (non-hydrogen) atoms. The molecule has 0 unspecified atom stereocenters. The molecule has 110 valence electrons. The van der Waals surface area contributed by atoms with E-state index in [0.29, 0.717) is 19.8 Å².